The molecule has 6 heteroatoms. The zero-order valence-electron chi connectivity index (χ0n) is 15.5. The van der Waals surface area contributed by atoms with Crippen molar-refractivity contribution in [3.05, 3.63) is 22.5 Å². The number of carbonyl (C=O) groups excluding carboxylic acids is 3. The molecular formula is C18H28N2O4. The summed E-state index contributed by atoms with van der Waals surface area (Å²) in [6.07, 6.45) is 0.360. The highest BCUT2D eigenvalue weighted by atomic mass is 16.5. The molecule has 1 heterocycles. The van der Waals surface area contributed by atoms with Gasteiger partial charge in [-0.15, -0.1) is 0 Å². The Morgan fingerprint density at radius 1 is 1.17 bits per heavy atom. The maximum atomic E-state index is 12.7. The number of aryl methyl sites for hydroxylation is 1. The highest BCUT2D eigenvalue weighted by Gasteiger charge is 2.25. The van der Waals surface area contributed by atoms with Crippen LogP contribution in [0.4, 0.5) is 0 Å². The van der Waals surface area contributed by atoms with Gasteiger partial charge in [0.15, 0.2) is 5.78 Å². The van der Waals surface area contributed by atoms with Gasteiger partial charge in [-0.3, -0.25) is 9.59 Å². The van der Waals surface area contributed by atoms with Crippen LogP contribution < -0.4 is 0 Å². The van der Waals surface area contributed by atoms with Crippen molar-refractivity contribution in [2.45, 2.75) is 48.0 Å². The molecule has 1 aromatic heterocycles. The number of H-pyrrole nitrogens is 1. The van der Waals surface area contributed by atoms with Crippen molar-refractivity contribution in [3.63, 3.8) is 0 Å². The number of hydrogen-bond donors (Lipinski definition) is 1. The van der Waals surface area contributed by atoms with E-state index in [0.29, 0.717) is 35.5 Å². The Morgan fingerprint density at radius 2 is 1.79 bits per heavy atom. The van der Waals surface area contributed by atoms with E-state index in [2.05, 4.69) is 4.98 Å². The lowest BCUT2D eigenvalue weighted by Gasteiger charge is -2.23. The molecule has 134 valence electrons. The summed E-state index contributed by atoms with van der Waals surface area (Å²) in [7, 11) is 0. The molecule has 0 atom stereocenters. The van der Waals surface area contributed by atoms with Crippen molar-refractivity contribution in [1.29, 1.82) is 0 Å². The van der Waals surface area contributed by atoms with Gasteiger partial charge in [0.05, 0.1) is 13.2 Å². The molecule has 0 unspecified atom stereocenters. The lowest BCUT2D eigenvalue weighted by atomic mass is 10.0. The van der Waals surface area contributed by atoms with Gasteiger partial charge in [-0.25, -0.2) is 4.79 Å². The van der Waals surface area contributed by atoms with Crippen LogP contribution in [0.1, 0.15) is 66.2 Å². The lowest BCUT2D eigenvalue weighted by Crippen LogP contribution is -2.38. The number of amides is 1. The van der Waals surface area contributed by atoms with Gasteiger partial charge in [0, 0.05) is 24.2 Å². The van der Waals surface area contributed by atoms with Gasteiger partial charge in [0.25, 0.3) is 0 Å². The summed E-state index contributed by atoms with van der Waals surface area (Å²) in [6, 6.07) is 0. The van der Waals surface area contributed by atoms with E-state index in [9.17, 15) is 14.4 Å². The third kappa shape index (κ3) is 4.69. The molecule has 0 aliphatic heterocycles. The molecule has 1 N–H and O–H groups in total. The number of hydrogen-bond acceptors (Lipinski definition) is 4. The van der Waals surface area contributed by atoms with E-state index in [4.69, 9.17) is 4.74 Å². The van der Waals surface area contributed by atoms with Gasteiger partial charge in [0.2, 0.25) is 5.91 Å². The number of esters is 1. The molecule has 0 aromatic carbocycles. The predicted molar refractivity (Wildman–Crippen MR) is 92.3 cm³/mol. The average Bonchev–Trinajstić information content (AvgIpc) is 2.80. The number of rotatable bonds is 8. The number of aromatic amines is 1. The summed E-state index contributed by atoms with van der Waals surface area (Å²) >= 11 is 0. The first-order valence-electron chi connectivity index (χ1n) is 8.40. The highest BCUT2D eigenvalue weighted by molar-refractivity contribution is 6.04. The van der Waals surface area contributed by atoms with Crippen LogP contribution in [-0.4, -0.2) is 47.2 Å². The fraction of sp³-hybridized carbons (Fsp3) is 0.611. The van der Waals surface area contributed by atoms with Crippen LogP contribution in [-0.2, 0) is 9.53 Å². The molecule has 0 bridgehead atoms. The van der Waals surface area contributed by atoms with Crippen LogP contribution in [0.5, 0.6) is 0 Å². The van der Waals surface area contributed by atoms with Crippen LogP contribution >= 0.6 is 0 Å². The van der Waals surface area contributed by atoms with Crippen LogP contribution in [0.3, 0.4) is 0 Å². The highest BCUT2D eigenvalue weighted by Crippen LogP contribution is 2.20. The number of aromatic nitrogens is 1. The lowest BCUT2D eigenvalue weighted by molar-refractivity contribution is -0.130. The SMILES string of the molecule is CCOC(=O)c1[nH]c(C)c(C(=O)CN(CC(C)C)C(=O)CC)c1C. The Morgan fingerprint density at radius 3 is 2.29 bits per heavy atom. The van der Waals surface area contributed by atoms with Crippen LogP contribution in [0.25, 0.3) is 0 Å². The average molecular weight is 336 g/mol. The number of Topliss-reactive ketones (excluding diaryl/α,β-unsaturated/α-hetero) is 1. The number of ether oxygens (including phenoxy) is 1. The largest absolute Gasteiger partial charge is 0.461 e. The molecule has 1 aromatic rings. The molecule has 24 heavy (non-hydrogen) atoms. The quantitative estimate of drug-likeness (QED) is 0.585. The molecule has 0 saturated carbocycles. The molecule has 6 nitrogen and oxygen atoms in total. The molecule has 0 spiro atoms. The molecule has 1 amide bonds. The van der Waals surface area contributed by atoms with E-state index in [1.165, 1.54) is 0 Å². The summed E-state index contributed by atoms with van der Waals surface area (Å²) in [6.45, 7) is 11.8. The molecule has 0 aliphatic rings. The number of nitrogens with one attached hydrogen (secondary N) is 1. The predicted octanol–water partition coefficient (Wildman–Crippen LogP) is 2.89. The Kier molecular flexibility index (Phi) is 7.19. The maximum Gasteiger partial charge on any atom is 0.355 e. The number of nitrogens with zero attached hydrogens (tertiary/aromatic N) is 1. The molecule has 0 radical (unpaired) electrons. The summed E-state index contributed by atoms with van der Waals surface area (Å²) in [5.74, 6) is -0.412. The van der Waals surface area contributed by atoms with Crippen molar-refractivity contribution in [2.75, 3.05) is 19.7 Å². The van der Waals surface area contributed by atoms with Gasteiger partial charge in [-0.1, -0.05) is 20.8 Å². The normalized spacial score (nSPS) is 10.8. The van der Waals surface area contributed by atoms with E-state index in [-0.39, 0.29) is 30.8 Å². The minimum absolute atomic E-state index is 0.0205. The summed E-state index contributed by atoms with van der Waals surface area (Å²) in [4.78, 5) is 41.3. The molecule has 0 aliphatic carbocycles. The van der Waals surface area contributed by atoms with Gasteiger partial charge in [-0.2, -0.15) is 0 Å². The molecule has 1 rings (SSSR count). The van der Waals surface area contributed by atoms with Gasteiger partial charge >= 0.3 is 5.97 Å². The fourth-order valence-corrected chi connectivity index (χ4v) is 2.75. The van der Waals surface area contributed by atoms with Crippen molar-refractivity contribution < 1.29 is 19.1 Å². The monoisotopic (exact) mass is 336 g/mol. The van der Waals surface area contributed by atoms with Crippen molar-refractivity contribution in [2.24, 2.45) is 5.92 Å². The first-order chi connectivity index (χ1) is 11.2. The summed E-state index contributed by atoms with van der Waals surface area (Å²) in [5, 5.41) is 0. The zero-order valence-corrected chi connectivity index (χ0v) is 15.5. The number of carbonyl (C=O) groups is 3. The fourth-order valence-electron chi connectivity index (χ4n) is 2.75. The molecular weight excluding hydrogens is 308 g/mol. The second-order valence-corrected chi connectivity index (χ2v) is 6.29. The van der Waals surface area contributed by atoms with Crippen LogP contribution in [0, 0.1) is 19.8 Å². The first kappa shape index (κ1) is 19.9. The standard InChI is InChI=1S/C18H28N2O4/c1-7-15(22)20(9-11(3)4)10-14(21)16-12(5)17(19-13(16)6)18(23)24-8-2/h11,19H,7-10H2,1-6H3. The van der Waals surface area contributed by atoms with Gasteiger partial charge < -0.3 is 14.6 Å². The van der Waals surface area contributed by atoms with Gasteiger partial charge in [0.1, 0.15) is 5.69 Å². The summed E-state index contributed by atoms with van der Waals surface area (Å²) in [5.41, 5.74) is 1.96. The maximum absolute atomic E-state index is 12.7. The molecule has 0 fully saturated rings. The van der Waals surface area contributed by atoms with E-state index in [1.54, 1.807) is 32.6 Å². The molecule has 0 saturated heterocycles. The van der Waals surface area contributed by atoms with E-state index < -0.39 is 5.97 Å². The first-order valence-corrected chi connectivity index (χ1v) is 8.40. The smallest absolute Gasteiger partial charge is 0.355 e. The van der Waals surface area contributed by atoms with Crippen molar-refractivity contribution in [1.82, 2.24) is 9.88 Å². The Balaban J connectivity index is 3.05. The van der Waals surface area contributed by atoms with E-state index in [0.717, 1.165) is 0 Å². The minimum atomic E-state index is -0.471. The van der Waals surface area contributed by atoms with E-state index in [1.807, 2.05) is 13.8 Å². The Bertz CT molecular complexity index is 617. The van der Waals surface area contributed by atoms with Gasteiger partial charge in [-0.05, 0) is 32.3 Å². The Labute approximate surface area is 143 Å². The minimum Gasteiger partial charge on any atom is -0.461 e. The van der Waals surface area contributed by atoms with Crippen molar-refractivity contribution in [3.8, 4) is 0 Å². The van der Waals surface area contributed by atoms with Crippen molar-refractivity contribution >= 4 is 17.7 Å². The van der Waals surface area contributed by atoms with E-state index >= 15 is 0 Å². The van der Waals surface area contributed by atoms with Crippen LogP contribution in [0.15, 0.2) is 0 Å². The number of ketones is 1. The van der Waals surface area contributed by atoms with Crippen LogP contribution in [0.2, 0.25) is 0 Å². The Hall–Kier alpha value is -2.11. The topological polar surface area (TPSA) is 79.5 Å². The third-order valence-corrected chi connectivity index (χ3v) is 3.77. The summed E-state index contributed by atoms with van der Waals surface area (Å²) < 4.78 is 5.00. The second kappa shape index (κ2) is 8.66. The second-order valence-electron chi connectivity index (χ2n) is 6.29. The third-order valence-electron chi connectivity index (χ3n) is 3.77. The zero-order chi connectivity index (χ0) is 18.4.